The van der Waals surface area contributed by atoms with Crippen molar-refractivity contribution >= 4 is 80.7 Å². The SMILES string of the molecule is C1=CC(c2ccc3ccc4c5ccccc5ccc4c3c2)Cc2ccc(-c3cccc(-c4cccc5c4sc4c6ccccc6ccc54)c3)cc21. The third kappa shape index (κ3) is 4.59. The van der Waals surface area contributed by atoms with Crippen molar-refractivity contribution in [1.82, 2.24) is 0 Å². The summed E-state index contributed by atoms with van der Waals surface area (Å²) < 4.78 is 2.73. The van der Waals surface area contributed by atoms with Gasteiger partial charge in [0, 0.05) is 26.1 Å². The number of rotatable bonds is 3. The molecule has 1 heterocycles. The molecular formula is C50H32S. The molecule has 51 heavy (non-hydrogen) atoms. The number of allylic oxidation sites excluding steroid dienone is 1. The maximum atomic E-state index is 2.44. The van der Waals surface area contributed by atoms with Gasteiger partial charge in [0.1, 0.15) is 0 Å². The van der Waals surface area contributed by atoms with E-state index in [0.29, 0.717) is 5.92 Å². The highest BCUT2D eigenvalue weighted by atomic mass is 32.1. The van der Waals surface area contributed by atoms with E-state index in [0.717, 1.165) is 6.42 Å². The van der Waals surface area contributed by atoms with Crippen LogP contribution in [0.3, 0.4) is 0 Å². The minimum atomic E-state index is 0.353. The van der Waals surface area contributed by atoms with Crippen molar-refractivity contribution in [2.45, 2.75) is 12.3 Å². The van der Waals surface area contributed by atoms with Gasteiger partial charge < -0.3 is 0 Å². The van der Waals surface area contributed by atoms with Crippen LogP contribution in [-0.4, -0.2) is 0 Å². The molecule has 238 valence electrons. The summed E-state index contributed by atoms with van der Waals surface area (Å²) in [6.45, 7) is 0. The molecule has 0 aliphatic heterocycles. The fraction of sp³-hybridized carbons (Fsp3) is 0.0400. The average molecular weight is 665 g/mol. The van der Waals surface area contributed by atoms with Crippen molar-refractivity contribution in [2.75, 3.05) is 0 Å². The van der Waals surface area contributed by atoms with Crippen molar-refractivity contribution < 1.29 is 0 Å². The molecule has 1 unspecified atom stereocenters. The lowest BCUT2D eigenvalue weighted by atomic mass is 9.83. The van der Waals surface area contributed by atoms with Crippen LogP contribution in [0.15, 0.2) is 170 Å². The zero-order valence-electron chi connectivity index (χ0n) is 27.9. The summed E-state index contributed by atoms with van der Waals surface area (Å²) in [5.74, 6) is 0.353. The van der Waals surface area contributed by atoms with E-state index >= 15 is 0 Å². The van der Waals surface area contributed by atoms with E-state index in [1.807, 2.05) is 11.3 Å². The zero-order chi connectivity index (χ0) is 33.5. The highest BCUT2D eigenvalue weighted by Gasteiger charge is 2.18. The molecule has 0 radical (unpaired) electrons. The lowest BCUT2D eigenvalue weighted by Gasteiger charge is -2.21. The summed E-state index contributed by atoms with van der Waals surface area (Å²) in [5.41, 5.74) is 9.20. The van der Waals surface area contributed by atoms with E-state index in [1.165, 1.54) is 102 Å². The molecule has 1 heteroatoms. The van der Waals surface area contributed by atoms with Gasteiger partial charge in [-0.05, 0) is 107 Å². The van der Waals surface area contributed by atoms with Gasteiger partial charge in [-0.15, -0.1) is 11.3 Å². The molecule has 0 nitrogen and oxygen atoms in total. The van der Waals surface area contributed by atoms with Gasteiger partial charge in [-0.25, -0.2) is 0 Å². The Kier molecular flexibility index (Phi) is 6.35. The van der Waals surface area contributed by atoms with Gasteiger partial charge >= 0.3 is 0 Å². The molecule has 1 atom stereocenters. The van der Waals surface area contributed by atoms with E-state index in [-0.39, 0.29) is 0 Å². The largest absolute Gasteiger partial charge is 0.134 e. The van der Waals surface area contributed by atoms with Crippen molar-refractivity contribution in [3.05, 3.63) is 187 Å². The second-order valence-electron chi connectivity index (χ2n) is 14.0. The predicted molar refractivity (Wildman–Crippen MR) is 222 cm³/mol. The Hall–Kier alpha value is -6.02. The summed E-state index contributed by atoms with van der Waals surface area (Å²) >= 11 is 1.92. The van der Waals surface area contributed by atoms with E-state index in [1.54, 1.807) is 0 Å². The van der Waals surface area contributed by atoms with Crippen LogP contribution in [-0.2, 0) is 6.42 Å². The van der Waals surface area contributed by atoms with Crippen LogP contribution < -0.4 is 0 Å². The highest BCUT2D eigenvalue weighted by Crippen LogP contribution is 2.43. The first-order valence-corrected chi connectivity index (χ1v) is 18.7. The molecule has 0 N–H and O–H groups in total. The second-order valence-corrected chi connectivity index (χ2v) is 15.1. The first kappa shape index (κ1) is 28.8. The van der Waals surface area contributed by atoms with Gasteiger partial charge in [-0.1, -0.05) is 158 Å². The Labute approximate surface area is 300 Å². The molecule has 11 rings (SSSR count). The first-order valence-electron chi connectivity index (χ1n) is 17.8. The maximum Gasteiger partial charge on any atom is 0.0434 e. The molecule has 0 amide bonds. The molecule has 0 saturated carbocycles. The first-order chi connectivity index (χ1) is 25.2. The van der Waals surface area contributed by atoms with Crippen LogP contribution in [0, 0.1) is 0 Å². The Morgan fingerprint density at radius 2 is 1.06 bits per heavy atom. The van der Waals surface area contributed by atoms with Crippen LogP contribution >= 0.6 is 11.3 Å². The molecule has 1 aliphatic carbocycles. The van der Waals surface area contributed by atoms with Gasteiger partial charge in [0.25, 0.3) is 0 Å². The minimum Gasteiger partial charge on any atom is -0.134 e. The monoisotopic (exact) mass is 664 g/mol. The topological polar surface area (TPSA) is 0 Å². The number of hydrogen-bond acceptors (Lipinski definition) is 1. The smallest absolute Gasteiger partial charge is 0.0434 e. The molecule has 0 bridgehead atoms. The van der Waals surface area contributed by atoms with Crippen LogP contribution in [0.1, 0.15) is 22.6 Å². The quantitative estimate of drug-likeness (QED) is 0.165. The maximum absolute atomic E-state index is 2.44. The lowest BCUT2D eigenvalue weighted by Crippen LogP contribution is -2.06. The molecule has 0 saturated heterocycles. The molecular weight excluding hydrogens is 633 g/mol. The molecule has 0 fully saturated rings. The van der Waals surface area contributed by atoms with Crippen molar-refractivity contribution in [3.63, 3.8) is 0 Å². The molecule has 1 aliphatic rings. The van der Waals surface area contributed by atoms with Crippen LogP contribution in [0.25, 0.3) is 91.6 Å². The Morgan fingerprint density at radius 1 is 0.412 bits per heavy atom. The zero-order valence-corrected chi connectivity index (χ0v) is 28.8. The van der Waals surface area contributed by atoms with Crippen molar-refractivity contribution in [1.29, 1.82) is 0 Å². The van der Waals surface area contributed by atoms with Crippen molar-refractivity contribution in [3.8, 4) is 22.3 Å². The van der Waals surface area contributed by atoms with Gasteiger partial charge in [-0.2, -0.15) is 0 Å². The van der Waals surface area contributed by atoms with E-state index in [2.05, 4.69) is 176 Å². The summed E-state index contributed by atoms with van der Waals surface area (Å²) in [7, 11) is 0. The van der Waals surface area contributed by atoms with Gasteiger partial charge in [0.2, 0.25) is 0 Å². The van der Waals surface area contributed by atoms with E-state index in [9.17, 15) is 0 Å². The molecule has 1 aromatic heterocycles. The molecule has 9 aromatic carbocycles. The summed E-state index contributed by atoms with van der Waals surface area (Å²) in [6, 6.07) is 61.1. The predicted octanol–water partition coefficient (Wildman–Crippen LogP) is 14.4. The second kappa shape index (κ2) is 11.3. The highest BCUT2D eigenvalue weighted by molar-refractivity contribution is 7.27. The standard InChI is InChI=1S/C50H32S/c1-3-11-41-31(7-1)21-25-45-44(41)24-22-33-15-16-39(30-48(33)45)38-20-19-36-27-35(17-18-37(36)28-38)34-9-5-10-40(29-34)43-13-6-14-46-47-26-23-32-8-2-4-12-42(32)49(47)51-50(43)46/h1-27,29-30,38H,28H2. The van der Waals surface area contributed by atoms with Crippen molar-refractivity contribution in [2.24, 2.45) is 0 Å². The Morgan fingerprint density at radius 3 is 1.94 bits per heavy atom. The fourth-order valence-corrected chi connectivity index (χ4v) is 9.93. The number of hydrogen-bond donors (Lipinski definition) is 0. The number of thiophene rings is 1. The normalized spacial score (nSPS) is 14.3. The van der Waals surface area contributed by atoms with Crippen LogP contribution in [0.5, 0.6) is 0 Å². The summed E-state index contributed by atoms with van der Waals surface area (Å²) in [5, 5.41) is 13.2. The number of benzene rings is 9. The minimum absolute atomic E-state index is 0.353. The van der Waals surface area contributed by atoms with E-state index in [4.69, 9.17) is 0 Å². The number of fused-ring (bicyclic) bond motifs is 11. The lowest BCUT2D eigenvalue weighted by molar-refractivity contribution is 0.828. The molecule has 10 aromatic rings. The third-order valence-corrected chi connectivity index (χ3v) is 12.5. The molecule has 0 spiro atoms. The Balaban J connectivity index is 0.931. The van der Waals surface area contributed by atoms with Crippen LogP contribution in [0.4, 0.5) is 0 Å². The van der Waals surface area contributed by atoms with E-state index < -0.39 is 0 Å². The van der Waals surface area contributed by atoms with Gasteiger partial charge in [0.15, 0.2) is 0 Å². The van der Waals surface area contributed by atoms with Crippen LogP contribution in [0.2, 0.25) is 0 Å². The summed E-state index contributed by atoms with van der Waals surface area (Å²) in [6.07, 6.45) is 5.77. The van der Waals surface area contributed by atoms with Gasteiger partial charge in [0.05, 0.1) is 0 Å². The van der Waals surface area contributed by atoms with Gasteiger partial charge in [-0.3, -0.25) is 0 Å². The summed E-state index contributed by atoms with van der Waals surface area (Å²) in [4.78, 5) is 0. The average Bonchev–Trinajstić information content (AvgIpc) is 3.60. The Bertz CT molecular complexity index is 3070. The fourth-order valence-electron chi connectivity index (χ4n) is 8.56. The third-order valence-electron chi connectivity index (χ3n) is 11.2.